The molecule has 1 aliphatic rings. The number of fused-ring (bicyclic) bond motifs is 3. The fourth-order valence-electron chi connectivity index (χ4n) is 3.48. The molecule has 3 rings (SSSR count). The molecule has 0 aliphatic carbocycles. The molecule has 29 heavy (non-hydrogen) atoms. The number of phenolic OH excluding ortho intramolecular Hbond substituents is 1. The first-order valence-corrected chi connectivity index (χ1v) is 9.31. The maximum absolute atomic E-state index is 12.3. The van der Waals surface area contributed by atoms with Crippen LogP contribution in [-0.4, -0.2) is 47.1 Å². The van der Waals surface area contributed by atoms with Crippen molar-refractivity contribution in [1.29, 1.82) is 0 Å². The Bertz CT molecular complexity index is 984. The molecule has 0 spiro atoms. The average molecular weight is 402 g/mol. The van der Waals surface area contributed by atoms with Crippen LogP contribution in [0.5, 0.6) is 11.5 Å². The Kier molecular flexibility index (Phi) is 6.40. The van der Waals surface area contributed by atoms with E-state index in [1.54, 1.807) is 10.6 Å². The van der Waals surface area contributed by atoms with E-state index in [1.165, 1.54) is 18.3 Å². The molecule has 1 aromatic carbocycles. The number of carbonyl (C=O) groups excluding carboxylic acids is 1. The summed E-state index contributed by atoms with van der Waals surface area (Å²) in [4.78, 5) is 34.6. The smallest absolute Gasteiger partial charge is 0.322 e. The third-order valence-electron chi connectivity index (χ3n) is 4.89. The number of amides is 1. The van der Waals surface area contributed by atoms with E-state index in [0.717, 1.165) is 12.0 Å². The Labute approximate surface area is 166 Å². The Morgan fingerprint density at radius 2 is 2.07 bits per heavy atom. The van der Waals surface area contributed by atoms with Crippen LogP contribution in [0.15, 0.2) is 34.4 Å². The number of hydrogen-bond acceptors (Lipinski definition) is 7. The molecule has 0 fully saturated rings. The highest BCUT2D eigenvalue weighted by molar-refractivity contribution is 5.94. The molecule has 1 amide bonds. The second-order valence-corrected chi connectivity index (χ2v) is 6.67. The van der Waals surface area contributed by atoms with E-state index in [-0.39, 0.29) is 43.8 Å². The molecule has 0 saturated carbocycles. The van der Waals surface area contributed by atoms with Gasteiger partial charge in [0.25, 0.3) is 0 Å². The van der Waals surface area contributed by atoms with Gasteiger partial charge in [-0.15, -0.1) is 4.91 Å². The zero-order valence-electron chi connectivity index (χ0n) is 16.0. The molecule has 2 N–H and O–H groups in total. The van der Waals surface area contributed by atoms with E-state index in [2.05, 4.69) is 5.18 Å². The SMILES string of the molecule is CCC1Cc2cc(OCCOCCO)c(O)cc2-c2cc(=O)c(C(=O)N=O)cn21. The van der Waals surface area contributed by atoms with Crippen LogP contribution < -0.4 is 10.2 Å². The highest BCUT2D eigenvalue weighted by Gasteiger charge is 2.27. The molecule has 154 valence electrons. The Morgan fingerprint density at radius 1 is 1.28 bits per heavy atom. The number of nitrogens with zero attached hydrogens (tertiary/aromatic N) is 2. The van der Waals surface area contributed by atoms with Crippen molar-refractivity contribution in [2.75, 3.05) is 26.4 Å². The first kappa shape index (κ1) is 20.7. The number of rotatable bonds is 8. The first-order valence-electron chi connectivity index (χ1n) is 9.31. The van der Waals surface area contributed by atoms with Gasteiger partial charge >= 0.3 is 5.91 Å². The number of aromatic nitrogens is 1. The molecule has 9 nitrogen and oxygen atoms in total. The molecule has 1 aliphatic heterocycles. The summed E-state index contributed by atoms with van der Waals surface area (Å²) in [6.45, 7) is 2.61. The highest BCUT2D eigenvalue weighted by atomic mass is 16.5. The number of ether oxygens (including phenoxy) is 2. The number of aliphatic hydroxyl groups excluding tert-OH is 1. The number of benzene rings is 1. The van der Waals surface area contributed by atoms with Gasteiger partial charge in [-0.25, -0.2) is 0 Å². The van der Waals surface area contributed by atoms with E-state index in [4.69, 9.17) is 14.6 Å². The molecule has 1 atom stereocenters. The van der Waals surface area contributed by atoms with Crippen LogP contribution in [0.1, 0.15) is 35.3 Å². The van der Waals surface area contributed by atoms with Gasteiger partial charge in [-0.2, -0.15) is 0 Å². The van der Waals surface area contributed by atoms with Gasteiger partial charge in [0.15, 0.2) is 16.9 Å². The van der Waals surface area contributed by atoms with Crippen molar-refractivity contribution >= 4 is 5.91 Å². The predicted molar refractivity (Wildman–Crippen MR) is 104 cm³/mol. The normalized spacial score (nSPS) is 14.8. The topological polar surface area (TPSA) is 127 Å². The van der Waals surface area contributed by atoms with Crippen LogP contribution >= 0.6 is 0 Å². The maximum Gasteiger partial charge on any atom is 0.322 e. The zero-order valence-corrected chi connectivity index (χ0v) is 16.0. The number of pyridine rings is 1. The van der Waals surface area contributed by atoms with Crippen LogP contribution in [0.25, 0.3) is 11.3 Å². The Morgan fingerprint density at radius 3 is 2.76 bits per heavy atom. The first-order chi connectivity index (χ1) is 14.0. The number of nitroso groups, excluding NO2 is 1. The van der Waals surface area contributed by atoms with E-state index in [1.807, 2.05) is 6.92 Å². The number of carbonyl (C=O) groups is 1. The summed E-state index contributed by atoms with van der Waals surface area (Å²) in [5.74, 6) is -0.880. The summed E-state index contributed by atoms with van der Waals surface area (Å²) in [5, 5.41) is 21.4. The van der Waals surface area contributed by atoms with E-state index < -0.39 is 11.3 Å². The fourth-order valence-corrected chi connectivity index (χ4v) is 3.48. The third-order valence-corrected chi connectivity index (χ3v) is 4.89. The van der Waals surface area contributed by atoms with Gasteiger partial charge in [0, 0.05) is 29.0 Å². The van der Waals surface area contributed by atoms with Gasteiger partial charge in [0.05, 0.1) is 25.5 Å². The summed E-state index contributed by atoms with van der Waals surface area (Å²) in [6, 6.07) is 4.51. The van der Waals surface area contributed by atoms with Crippen molar-refractivity contribution in [1.82, 2.24) is 4.57 Å². The third kappa shape index (κ3) is 4.20. The predicted octanol–water partition coefficient (Wildman–Crippen LogP) is 2.02. The van der Waals surface area contributed by atoms with E-state index in [9.17, 15) is 19.6 Å². The summed E-state index contributed by atoms with van der Waals surface area (Å²) < 4.78 is 12.5. The zero-order chi connectivity index (χ0) is 21.0. The minimum absolute atomic E-state index is 0.0402. The van der Waals surface area contributed by atoms with Crippen molar-refractivity contribution in [3.63, 3.8) is 0 Å². The molecule has 1 unspecified atom stereocenters. The summed E-state index contributed by atoms with van der Waals surface area (Å²) in [6.07, 6.45) is 2.70. The van der Waals surface area contributed by atoms with Crippen molar-refractivity contribution in [3.05, 3.63) is 50.7 Å². The molecule has 9 heteroatoms. The second-order valence-electron chi connectivity index (χ2n) is 6.67. The fraction of sp³-hybridized carbons (Fsp3) is 0.400. The van der Waals surface area contributed by atoms with Crippen LogP contribution in [0, 0.1) is 4.91 Å². The van der Waals surface area contributed by atoms with Gasteiger partial charge < -0.3 is 24.3 Å². The van der Waals surface area contributed by atoms with E-state index >= 15 is 0 Å². The average Bonchev–Trinajstić information content (AvgIpc) is 2.72. The van der Waals surface area contributed by atoms with Crippen molar-refractivity contribution in [2.24, 2.45) is 5.18 Å². The number of hydrogen-bond donors (Lipinski definition) is 2. The molecule has 0 saturated heterocycles. The monoisotopic (exact) mass is 402 g/mol. The van der Waals surface area contributed by atoms with Crippen LogP contribution in [-0.2, 0) is 11.2 Å². The molecular formula is C20H22N2O7. The van der Waals surface area contributed by atoms with Gasteiger partial charge in [0.1, 0.15) is 12.2 Å². The maximum atomic E-state index is 12.3. The molecule has 2 aromatic rings. The lowest BCUT2D eigenvalue weighted by Crippen LogP contribution is -2.25. The number of aliphatic hydroxyl groups is 1. The van der Waals surface area contributed by atoms with E-state index in [0.29, 0.717) is 23.4 Å². The minimum Gasteiger partial charge on any atom is -0.504 e. The van der Waals surface area contributed by atoms with Gasteiger partial charge in [-0.05, 0) is 30.5 Å². The second kappa shape index (κ2) is 8.97. The highest BCUT2D eigenvalue weighted by Crippen LogP contribution is 2.41. The molecule has 1 aromatic heterocycles. The quantitative estimate of drug-likeness (QED) is 0.511. The minimum atomic E-state index is -1.10. The van der Waals surface area contributed by atoms with Crippen LogP contribution in [0.4, 0.5) is 0 Å². The Balaban J connectivity index is 1.97. The van der Waals surface area contributed by atoms with Crippen LogP contribution in [0.2, 0.25) is 0 Å². The molecule has 2 heterocycles. The molecular weight excluding hydrogens is 380 g/mol. The van der Waals surface area contributed by atoms with Gasteiger partial charge in [0.2, 0.25) is 0 Å². The lowest BCUT2D eigenvalue weighted by atomic mass is 9.90. The van der Waals surface area contributed by atoms with Crippen molar-refractivity contribution in [2.45, 2.75) is 25.8 Å². The lowest BCUT2D eigenvalue weighted by Gasteiger charge is -2.30. The Hall–Kier alpha value is -3.04. The van der Waals surface area contributed by atoms with Crippen molar-refractivity contribution < 1.29 is 24.5 Å². The van der Waals surface area contributed by atoms with Gasteiger partial charge in [-0.1, -0.05) is 6.92 Å². The number of phenols is 1. The summed E-state index contributed by atoms with van der Waals surface area (Å²) in [7, 11) is 0. The van der Waals surface area contributed by atoms with Gasteiger partial charge in [-0.3, -0.25) is 9.59 Å². The van der Waals surface area contributed by atoms with Crippen molar-refractivity contribution in [3.8, 4) is 22.8 Å². The number of aromatic hydroxyl groups is 1. The molecule has 0 bridgehead atoms. The largest absolute Gasteiger partial charge is 0.504 e. The van der Waals surface area contributed by atoms with Crippen LogP contribution in [0.3, 0.4) is 0 Å². The summed E-state index contributed by atoms with van der Waals surface area (Å²) in [5.41, 5.74) is 1.25. The lowest BCUT2D eigenvalue weighted by molar-refractivity contribution is 0.0699. The standard InChI is InChI=1S/C20H22N2O7/c1-2-13-7-12-8-19(29-6-5-28-4-3-23)18(25)9-14(12)16-10-17(24)15(11-22(13)16)20(26)21-27/h8-11,13,23,25H,2-7H2,1H3. The summed E-state index contributed by atoms with van der Waals surface area (Å²) >= 11 is 0. The molecule has 0 radical (unpaired) electrons.